The molecule has 2 nitrogen and oxygen atoms in total. The van der Waals surface area contributed by atoms with Crippen LogP contribution in [0, 0.1) is 0 Å². The Balaban J connectivity index is 5.90. The van der Waals surface area contributed by atoms with E-state index in [1.807, 2.05) is 0 Å². The van der Waals surface area contributed by atoms with Crippen molar-refractivity contribution >= 4 is 5.91 Å². The Hall–Kier alpha value is -1.44. The molecule has 0 saturated carbocycles. The highest BCUT2D eigenvalue weighted by molar-refractivity contribution is 5.84. The Morgan fingerprint density at radius 1 is 0.667 bits per heavy atom. The highest BCUT2D eigenvalue weighted by atomic mass is 19.4. The van der Waals surface area contributed by atoms with Gasteiger partial charge in [0.25, 0.3) is 5.91 Å². The number of unbranched alkanes of at least 4 members (excludes halogenated alkanes) is 2. The quantitative estimate of drug-likeness (QED) is 0.401. The maximum atomic E-state index is 13.3. The lowest BCUT2D eigenvalue weighted by molar-refractivity contribution is -0.436. The Morgan fingerprint density at radius 3 is 1.44 bits per heavy atom. The van der Waals surface area contributed by atoms with Crippen molar-refractivity contribution in [3.8, 4) is 0 Å². The van der Waals surface area contributed by atoms with E-state index in [0.29, 0.717) is 6.42 Å². The standard InChI is InChI=1S/C12H12F13NO/c1-2-3-4-5-26-6(27)7(13,14)8(15,16)9(17,18)10(19,20)11(21,22)12(23,24)25/h2-5H2,1H3,(H,26,27). The molecule has 0 bridgehead atoms. The predicted octanol–water partition coefficient (Wildman–Crippen LogP) is 5.03. The smallest absolute Gasteiger partial charge is 0.351 e. The fourth-order valence-electron chi connectivity index (χ4n) is 1.60. The minimum atomic E-state index is -8.01. The first-order valence-corrected chi connectivity index (χ1v) is 6.97. The van der Waals surface area contributed by atoms with E-state index >= 15 is 0 Å². The first-order chi connectivity index (χ1) is 11.7. The van der Waals surface area contributed by atoms with Gasteiger partial charge in [-0.15, -0.1) is 0 Å². The van der Waals surface area contributed by atoms with Gasteiger partial charge in [0.1, 0.15) is 0 Å². The van der Waals surface area contributed by atoms with Crippen molar-refractivity contribution in [3.05, 3.63) is 0 Å². The van der Waals surface area contributed by atoms with Gasteiger partial charge in [-0.2, -0.15) is 57.1 Å². The summed E-state index contributed by atoms with van der Waals surface area (Å²) in [4.78, 5) is 11.0. The van der Waals surface area contributed by atoms with E-state index < -0.39 is 48.2 Å². The van der Waals surface area contributed by atoms with Crippen LogP contribution in [0.4, 0.5) is 57.1 Å². The maximum Gasteiger partial charge on any atom is 0.460 e. The summed E-state index contributed by atoms with van der Waals surface area (Å²) in [7, 11) is 0. The number of hydrogen-bond acceptors (Lipinski definition) is 1. The van der Waals surface area contributed by atoms with Gasteiger partial charge in [0, 0.05) is 6.54 Å². The molecule has 27 heavy (non-hydrogen) atoms. The molecule has 0 atom stereocenters. The molecule has 0 radical (unpaired) electrons. The number of carbonyl (C=O) groups excluding carboxylic acids is 1. The van der Waals surface area contributed by atoms with Gasteiger partial charge in [0.15, 0.2) is 0 Å². The molecule has 0 heterocycles. The minimum absolute atomic E-state index is 0.122. The van der Waals surface area contributed by atoms with Crippen LogP contribution in [0.25, 0.3) is 0 Å². The summed E-state index contributed by atoms with van der Waals surface area (Å²) in [6.07, 6.45) is -6.93. The van der Waals surface area contributed by atoms with Crippen molar-refractivity contribution in [2.75, 3.05) is 6.54 Å². The normalized spacial score (nSPS) is 15.0. The monoisotopic (exact) mass is 433 g/mol. The number of nitrogens with one attached hydrogen (secondary N) is 1. The van der Waals surface area contributed by atoms with Gasteiger partial charge in [0.05, 0.1) is 0 Å². The van der Waals surface area contributed by atoms with Gasteiger partial charge in [-0.1, -0.05) is 19.8 Å². The van der Waals surface area contributed by atoms with Crippen LogP contribution in [0.15, 0.2) is 0 Å². The van der Waals surface area contributed by atoms with Crippen LogP contribution in [0.3, 0.4) is 0 Å². The molecule has 1 N–H and O–H groups in total. The summed E-state index contributed by atoms with van der Waals surface area (Å²) in [5.74, 6) is -41.3. The molecule has 0 aromatic heterocycles. The lowest BCUT2D eigenvalue weighted by Gasteiger charge is -2.39. The lowest BCUT2D eigenvalue weighted by atomic mass is 9.93. The molecule has 162 valence electrons. The lowest BCUT2D eigenvalue weighted by Crippen LogP contribution is -2.72. The number of rotatable bonds is 9. The van der Waals surface area contributed by atoms with Crippen LogP contribution < -0.4 is 5.32 Å². The third-order valence-electron chi connectivity index (χ3n) is 3.28. The van der Waals surface area contributed by atoms with Crippen LogP contribution >= 0.6 is 0 Å². The molecule has 1 amide bonds. The van der Waals surface area contributed by atoms with Crippen LogP contribution in [0.1, 0.15) is 26.2 Å². The van der Waals surface area contributed by atoms with Crippen LogP contribution in [0.5, 0.6) is 0 Å². The van der Waals surface area contributed by atoms with Gasteiger partial charge in [-0.05, 0) is 6.42 Å². The highest BCUT2D eigenvalue weighted by Crippen LogP contribution is 2.60. The second-order valence-corrected chi connectivity index (χ2v) is 5.33. The van der Waals surface area contributed by atoms with Crippen molar-refractivity contribution in [2.24, 2.45) is 0 Å². The van der Waals surface area contributed by atoms with E-state index in [9.17, 15) is 61.9 Å². The molecule has 0 unspecified atom stereocenters. The Labute approximate surface area is 143 Å². The summed E-state index contributed by atoms with van der Waals surface area (Å²) in [6, 6.07) is 0. The van der Waals surface area contributed by atoms with Crippen molar-refractivity contribution in [1.82, 2.24) is 5.32 Å². The summed E-state index contributed by atoms with van der Waals surface area (Å²) in [6.45, 7) is 0.785. The fraction of sp³-hybridized carbons (Fsp3) is 0.917. The molecule has 0 aliphatic heterocycles. The average Bonchev–Trinajstić information content (AvgIpc) is 2.49. The molecular weight excluding hydrogens is 421 g/mol. The van der Waals surface area contributed by atoms with Gasteiger partial charge in [-0.25, -0.2) is 0 Å². The van der Waals surface area contributed by atoms with Crippen molar-refractivity contribution < 1.29 is 61.9 Å². The topological polar surface area (TPSA) is 29.1 Å². The van der Waals surface area contributed by atoms with E-state index in [0.717, 1.165) is 5.32 Å². The van der Waals surface area contributed by atoms with Gasteiger partial charge < -0.3 is 5.32 Å². The predicted molar refractivity (Wildman–Crippen MR) is 63.3 cm³/mol. The zero-order valence-corrected chi connectivity index (χ0v) is 13.2. The minimum Gasteiger partial charge on any atom is -0.351 e. The summed E-state index contributed by atoms with van der Waals surface area (Å²) >= 11 is 0. The second kappa shape index (κ2) is 7.53. The van der Waals surface area contributed by atoms with E-state index in [1.165, 1.54) is 0 Å². The third-order valence-corrected chi connectivity index (χ3v) is 3.28. The molecule has 0 aliphatic rings. The maximum absolute atomic E-state index is 13.3. The molecule has 0 spiro atoms. The molecule has 15 heteroatoms. The first kappa shape index (κ1) is 25.6. The number of carbonyl (C=O) groups is 1. The van der Waals surface area contributed by atoms with E-state index in [4.69, 9.17) is 0 Å². The third kappa shape index (κ3) is 4.05. The van der Waals surface area contributed by atoms with Gasteiger partial charge in [-0.3, -0.25) is 4.79 Å². The Kier molecular flexibility index (Phi) is 7.12. The number of hydrogen-bond donors (Lipinski definition) is 1. The molecular formula is C12H12F13NO. The number of alkyl halides is 13. The largest absolute Gasteiger partial charge is 0.460 e. The zero-order valence-electron chi connectivity index (χ0n) is 13.2. The molecule has 0 rings (SSSR count). The van der Waals surface area contributed by atoms with Gasteiger partial charge in [0.2, 0.25) is 0 Å². The molecule has 0 saturated heterocycles. The van der Waals surface area contributed by atoms with E-state index in [1.54, 1.807) is 6.92 Å². The fourth-order valence-corrected chi connectivity index (χ4v) is 1.60. The Morgan fingerprint density at radius 2 is 1.07 bits per heavy atom. The first-order valence-electron chi connectivity index (χ1n) is 6.97. The summed E-state index contributed by atoms with van der Waals surface area (Å²) in [5.41, 5.74) is 0. The van der Waals surface area contributed by atoms with Crippen LogP contribution in [-0.4, -0.2) is 48.2 Å². The molecule has 0 aromatic rings. The molecule has 0 aliphatic carbocycles. The van der Waals surface area contributed by atoms with Crippen LogP contribution in [0.2, 0.25) is 0 Å². The summed E-state index contributed by atoms with van der Waals surface area (Å²) in [5, 5.41) is 0.999. The van der Waals surface area contributed by atoms with Crippen molar-refractivity contribution in [2.45, 2.75) is 62.0 Å². The molecule has 0 fully saturated rings. The average molecular weight is 433 g/mol. The van der Waals surface area contributed by atoms with Crippen molar-refractivity contribution in [3.63, 3.8) is 0 Å². The van der Waals surface area contributed by atoms with E-state index in [-0.39, 0.29) is 12.8 Å². The summed E-state index contributed by atoms with van der Waals surface area (Å²) < 4.78 is 166. The second-order valence-electron chi connectivity index (χ2n) is 5.33. The van der Waals surface area contributed by atoms with Gasteiger partial charge >= 0.3 is 35.8 Å². The SMILES string of the molecule is CCCCCNC(=O)C(F)(F)C(F)(F)C(F)(F)C(F)(F)C(F)(F)C(F)(F)F. The highest BCUT2D eigenvalue weighted by Gasteiger charge is 2.91. The number of amides is 1. The molecule has 0 aromatic carbocycles. The van der Waals surface area contributed by atoms with Crippen molar-refractivity contribution in [1.29, 1.82) is 0 Å². The number of halogens is 13. The van der Waals surface area contributed by atoms with E-state index in [2.05, 4.69) is 0 Å². The zero-order chi connectivity index (χ0) is 22.1. The Bertz CT molecular complexity index is 526. The van der Waals surface area contributed by atoms with Crippen LogP contribution in [-0.2, 0) is 4.79 Å².